The van der Waals surface area contributed by atoms with Gasteiger partial charge in [0.15, 0.2) is 0 Å². The van der Waals surface area contributed by atoms with Gasteiger partial charge >= 0.3 is 0 Å². The van der Waals surface area contributed by atoms with Gasteiger partial charge in [0.25, 0.3) is 0 Å². The van der Waals surface area contributed by atoms with Crippen molar-refractivity contribution in [1.82, 2.24) is 0 Å². The van der Waals surface area contributed by atoms with Gasteiger partial charge in [-0.05, 0) is 43.4 Å². The fraction of sp³-hybridized carbons (Fsp3) is 0.600. The second kappa shape index (κ2) is 4.68. The topological polar surface area (TPSA) is 9.23 Å². The summed E-state index contributed by atoms with van der Waals surface area (Å²) >= 11 is 4.30. The Morgan fingerprint density at radius 2 is 1.83 bits per heavy atom. The van der Waals surface area contributed by atoms with Crippen LogP contribution in [0.2, 0.25) is 0 Å². The summed E-state index contributed by atoms with van der Waals surface area (Å²) in [4.78, 5) is 0. The number of hydrogen-bond donors (Lipinski definition) is 0. The Labute approximate surface area is 118 Å². The average Bonchev–Trinajstić information content (AvgIpc) is 2.41. The molecule has 0 unspecified atom stereocenters. The first-order valence-electron chi connectivity index (χ1n) is 6.64. The fourth-order valence-electron chi connectivity index (χ4n) is 2.91. The van der Waals surface area contributed by atoms with Gasteiger partial charge in [-0.1, -0.05) is 18.2 Å². The van der Waals surface area contributed by atoms with Gasteiger partial charge in [0.05, 0.1) is 4.08 Å². The summed E-state index contributed by atoms with van der Waals surface area (Å²) in [5, 5.41) is 0. The van der Waals surface area contributed by atoms with Crippen LogP contribution in [0.25, 0.3) is 0 Å². The van der Waals surface area contributed by atoms with E-state index in [9.17, 15) is 0 Å². The molecule has 3 heteroatoms. The molecule has 0 atom stereocenters. The SMILES string of the molecule is CC1(C)CC2(Cc3ccccc3O1)SCCCS2. The molecule has 1 aromatic carbocycles. The smallest absolute Gasteiger partial charge is 0.123 e. The van der Waals surface area contributed by atoms with Crippen LogP contribution in [0.1, 0.15) is 32.3 Å². The summed E-state index contributed by atoms with van der Waals surface area (Å²) in [7, 11) is 0. The summed E-state index contributed by atoms with van der Waals surface area (Å²) in [6.45, 7) is 4.46. The van der Waals surface area contributed by atoms with Crippen LogP contribution in [0, 0.1) is 0 Å². The molecule has 2 heterocycles. The maximum atomic E-state index is 6.25. The van der Waals surface area contributed by atoms with Crippen molar-refractivity contribution in [1.29, 1.82) is 0 Å². The van der Waals surface area contributed by atoms with Gasteiger partial charge < -0.3 is 4.74 Å². The Morgan fingerprint density at radius 3 is 2.61 bits per heavy atom. The van der Waals surface area contributed by atoms with Crippen LogP contribution in [-0.4, -0.2) is 21.2 Å². The van der Waals surface area contributed by atoms with Crippen molar-refractivity contribution < 1.29 is 4.74 Å². The largest absolute Gasteiger partial charge is 0.487 e. The van der Waals surface area contributed by atoms with Gasteiger partial charge in [0.2, 0.25) is 0 Å². The predicted molar refractivity (Wildman–Crippen MR) is 81.7 cm³/mol. The van der Waals surface area contributed by atoms with Crippen LogP contribution in [0.15, 0.2) is 24.3 Å². The Morgan fingerprint density at radius 1 is 1.11 bits per heavy atom. The van der Waals surface area contributed by atoms with Crippen molar-refractivity contribution in [2.75, 3.05) is 11.5 Å². The zero-order chi connectivity index (χ0) is 12.6. The highest BCUT2D eigenvalue weighted by Gasteiger charge is 2.43. The third-order valence-electron chi connectivity index (χ3n) is 3.53. The van der Waals surface area contributed by atoms with E-state index in [0.29, 0.717) is 4.08 Å². The Bertz CT molecular complexity index is 436. The molecule has 1 fully saturated rings. The van der Waals surface area contributed by atoms with Crippen molar-refractivity contribution in [3.8, 4) is 5.75 Å². The number of benzene rings is 1. The molecule has 2 aliphatic rings. The van der Waals surface area contributed by atoms with E-state index in [2.05, 4.69) is 61.6 Å². The quantitative estimate of drug-likeness (QED) is 0.699. The number of ether oxygens (including phenoxy) is 1. The van der Waals surface area contributed by atoms with E-state index in [1.54, 1.807) is 0 Å². The van der Waals surface area contributed by atoms with E-state index < -0.39 is 0 Å². The van der Waals surface area contributed by atoms with E-state index in [0.717, 1.165) is 18.6 Å². The van der Waals surface area contributed by atoms with Crippen molar-refractivity contribution in [3.05, 3.63) is 29.8 Å². The van der Waals surface area contributed by atoms with Gasteiger partial charge in [-0.2, -0.15) is 0 Å². The van der Waals surface area contributed by atoms with Gasteiger partial charge in [0.1, 0.15) is 11.4 Å². The summed E-state index contributed by atoms with van der Waals surface area (Å²) in [5.74, 6) is 3.68. The molecule has 0 radical (unpaired) electrons. The van der Waals surface area contributed by atoms with Gasteiger partial charge in [-0.3, -0.25) is 0 Å². The number of hydrogen-bond acceptors (Lipinski definition) is 3. The zero-order valence-corrected chi connectivity index (χ0v) is 12.7. The molecular formula is C15H20OS2. The highest BCUT2D eigenvalue weighted by molar-refractivity contribution is 8.18. The van der Waals surface area contributed by atoms with Crippen LogP contribution in [-0.2, 0) is 6.42 Å². The molecule has 0 saturated carbocycles. The van der Waals surface area contributed by atoms with E-state index in [1.165, 1.54) is 23.5 Å². The average molecular weight is 280 g/mol. The van der Waals surface area contributed by atoms with E-state index in [1.807, 2.05) is 0 Å². The third kappa shape index (κ3) is 2.53. The Balaban J connectivity index is 1.99. The van der Waals surface area contributed by atoms with E-state index >= 15 is 0 Å². The summed E-state index contributed by atoms with van der Waals surface area (Å²) in [6, 6.07) is 8.56. The van der Waals surface area contributed by atoms with Gasteiger partial charge in [-0.15, -0.1) is 23.5 Å². The molecule has 18 heavy (non-hydrogen) atoms. The highest BCUT2D eigenvalue weighted by atomic mass is 32.2. The van der Waals surface area contributed by atoms with E-state index in [-0.39, 0.29) is 5.60 Å². The molecule has 1 nitrogen and oxygen atoms in total. The zero-order valence-electron chi connectivity index (χ0n) is 11.1. The third-order valence-corrected chi connectivity index (χ3v) is 6.85. The standard InChI is InChI=1S/C15H20OS2/c1-14(2)11-15(17-8-5-9-18-15)10-12-6-3-4-7-13(12)16-14/h3-4,6-7H,5,8-11H2,1-2H3. The van der Waals surface area contributed by atoms with Crippen molar-refractivity contribution >= 4 is 23.5 Å². The molecule has 1 aromatic rings. The van der Waals surface area contributed by atoms with Crippen LogP contribution >= 0.6 is 23.5 Å². The van der Waals surface area contributed by atoms with Gasteiger partial charge in [0, 0.05) is 12.8 Å². The molecule has 0 aliphatic carbocycles. The maximum absolute atomic E-state index is 6.25. The summed E-state index contributed by atoms with van der Waals surface area (Å²) in [6.07, 6.45) is 3.62. The minimum absolute atomic E-state index is 0.0655. The maximum Gasteiger partial charge on any atom is 0.123 e. The highest BCUT2D eigenvalue weighted by Crippen LogP contribution is 2.52. The predicted octanol–water partition coefficient (Wildman–Crippen LogP) is 4.36. The molecule has 1 spiro atoms. The molecular weight excluding hydrogens is 260 g/mol. The Kier molecular flexibility index (Phi) is 3.31. The molecule has 3 rings (SSSR count). The fourth-order valence-corrected chi connectivity index (χ4v) is 6.66. The molecule has 1 saturated heterocycles. The molecule has 0 amide bonds. The van der Waals surface area contributed by atoms with Crippen LogP contribution in [0.3, 0.4) is 0 Å². The first kappa shape index (κ1) is 12.7. The van der Waals surface area contributed by atoms with Crippen molar-refractivity contribution in [2.24, 2.45) is 0 Å². The number of thioether (sulfide) groups is 2. The lowest BCUT2D eigenvalue weighted by Crippen LogP contribution is -2.38. The van der Waals surface area contributed by atoms with Crippen LogP contribution in [0.4, 0.5) is 0 Å². The number of para-hydroxylation sites is 1. The monoisotopic (exact) mass is 280 g/mol. The normalized spacial score (nSPS) is 25.0. The minimum Gasteiger partial charge on any atom is -0.487 e. The second-order valence-electron chi connectivity index (χ2n) is 5.78. The number of rotatable bonds is 0. The lowest BCUT2D eigenvalue weighted by atomic mass is 9.99. The molecule has 0 aromatic heterocycles. The van der Waals surface area contributed by atoms with Crippen LogP contribution < -0.4 is 4.74 Å². The number of fused-ring (bicyclic) bond motifs is 1. The minimum atomic E-state index is -0.0655. The molecule has 98 valence electrons. The lowest BCUT2D eigenvalue weighted by Gasteiger charge is -2.39. The van der Waals surface area contributed by atoms with Crippen molar-refractivity contribution in [2.45, 2.75) is 42.8 Å². The second-order valence-corrected chi connectivity index (χ2v) is 9.00. The van der Waals surface area contributed by atoms with Crippen molar-refractivity contribution in [3.63, 3.8) is 0 Å². The first-order valence-corrected chi connectivity index (χ1v) is 8.61. The molecule has 0 N–H and O–H groups in total. The lowest BCUT2D eigenvalue weighted by molar-refractivity contribution is 0.102. The summed E-state index contributed by atoms with van der Waals surface area (Å²) < 4.78 is 6.57. The Hall–Kier alpha value is -0.280. The first-order chi connectivity index (χ1) is 8.59. The van der Waals surface area contributed by atoms with Gasteiger partial charge in [-0.25, -0.2) is 0 Å². The van der Waals surface area contributed by atoms with E-state index in [4.69, 9.17) is 4.74 Å². The summed E-state index contributed by atoms with van der Waals surface area (Å²) in [5.41, 5.74) is 1.31. The molecule has 2 aliphatic heterocycles. The molecule has 0 bridgehead atoms. The van der Waals surface area contributed by atoms with Crippen LogP contribution in [0.5, 0.6) is 5.75 Å².